The molecule has 0 saturated carbocycles. The number of ether oxygens (including phenoxy) is 1. The van der Waals surface area contributed by atoms with Crippen molar-refractivity contribution >= 4 is 11.8 Å². The summed E-state index contributed by atoms with van der Waals surface area (Å²) in [5.74, 6) is 0.819. The SMILES string of the molecule is CCCCS[C@@H]1O[C@H](CO)[C@@H](O)[C@H](O)[C@H]1O. The van der Waals surface area contributed by atoms with Crippen LogP contribution >= 0.6 is 11.8 Å². The number of aliphatic hydroxyl groups excluding tert-OH is 4. The smallest absolute Gasteiger partial charge is 0.132 e. The van der Waals surface area contributed by atoms with Gasteiger partial charge in [-0.2, -0.15) is 0 Å². The van der Waals surface area contributed by atoms with Gasteiger partial charge < -0.3 is 25.2 Å². The van der Waals surface area contributed by atoms with Crippen LogP contribution in [0.1, 0.15) is 19.8 Å². The van der Waals surface area contributed by atoms with Crippen LogP contribution < -0.4 is 0 Å². The third kappa shape index (κ3) is 3.32. The molecule has 0 amide bonds. The molecule has 0 aromatic rings. The third-order valence-electron chi connectivity index (χ3n) is 2.63. The quantitative estimate of drug-likeness (QED) is 0.485. The first-order chi connectivity index (χ1) is 7.61. The highest BCUT2D eigenvalue weighted by atomic mass is 32.2. The molecule has 96 valence electrons. The molecule has 1 aliphatic rings. The van der Waals surface area contributed by atoms with Gasteiger partial charge >= 0.3 is 0 Å². The minimum atomic E-state index is -1.26. The number of hydrogen-bond donors (Lipinski definition) is 4. The number of thioether (sulfide) groups is 1. The molecule has 1 rings (SSSR count). The van der Waals surface area contributed by atoms with Gasteiger partial charge in [-0.1, -0.05) is 13.3 Å². The fraction of sp³-hybridized carbons (Fsp3) is 1.00. The fourth-order valence-corrected chi connectivity index (χ4v) is 2.82. The first-order valence-corrected chi connectivity index (χ1v) is 6.58. The van der Waals surface area contributed by atoms with Crippen molar-refractivity contribution in [2.75, 3.05) is 12.4 Å². The van der Waals surface area contributed by atoms with E-state index in [0.717, 1.165) is 18.6 Å². The Hall–Kier alpha value is 0.150. The van der Waals surface area contributed by atoms with Crippen LogP contribution in [0.4, 0.5) is 0 Å². The van der Waals surface area contributed by atoms with Crippen LogP contribution in [0.25, 0.3) is 0 Å². The molecular formula is C10H20O5S. The van der Waals surface area contributed by atoms with Crippen molar-refractivity contribution in [3.63, 3.8) is 0 Å². The van der Waals surface area contributed by atoms with Gasteiger partial charge in [0.25, 0.3) is 0 Å². The first kappa shape index (κ1) is 14.2. The lowest BCUT2D eigenvalue weighted by Crippen LogP contribution is -2.57. The summed E-state index contributed by atoms with van der Waals surface area (Å²) in [6.45, 7) is 1.70. The van der Waals surface area contributed by atoms with Gasteiger partial charge in [-0.25, -0.2) is 0 Å². The standard InChI is InChI=1S/C10H20O5S/c1-2-3-4-16-10-9(14)8(13)7(12)6(5-11)15-10/h6-14H,2-5H2,1H3/t6-,7-,8+,9-,10+/m1/s1. The molecule has 0 aromatic heterocycles. The van der Waals surface area contributed by atoms with Gasteiger partial charge in [0.1, 0.15) is 29.9 Å². The molecule has 16 heavy (non-hydrogen) atoms. The largest absolute Gasteiger partial charge is 0.394 e. The molecule has 4 N–H and O–H groups in total. The Morgan fingerprint density at radius 2 is 1.81 bits per heavy atom. The molecule has 1 fully saturated rings. The molecule has 0 spiro atoms. The summed E-state index contributed by atoms with van der Waals surface area (Å²) in [5.41, 5.74) is -0.581. The Morgan fingerprint density at radius 1 is 1.12 bits per heavy atom. The molecule has 6 heteroatoms. The highest BCUT2D eigenvalue weighted by molar-refractivity contribution is 7.99. The molecule has 0 unspecified atom stereocenters. The summed E-state index contributed by atoms with van der Waals surface area (Å²) in [6.07, 6.45) is -2.38. The van der Waals surface area contributed by atoms with Crippen molar-refractivity contribution in [3.8, 4) is 0 Å². The monoisotopic (exact) mass is 252 g/mol. The molecule has 1 aliphatic heterocycles. The molecule has 1 heterocycles. The van der Waals surface area contributed by atoms with Gasteiger partial charge in [-0.3, -0.25) is 0 Å². The van der Waals surface area contributed by atoms with E-state index in [1.54, 1.807) is 0 Å². The van der Waals surface area contributed by atoms with E-state index in [1.165, 1.54) is 11.8 Å². The predicted molar refractivity (Wildman–Crippen MR) is 61.1 cm³/mol. The van der Waals surface area contributed by atoms with Gasteiger partial charge in [0.15, 0.2) is 0 Å². The summed E-state index contributed by atoms with van der Waals surface area (Å²) in [5, 5.41) is 37.7. The maximum atomic E-state index is 9.68. The van der Waals surface area contributed by atoms with Gasteiger partial charge in [0, 0.05) is 0 Å². The Balaban J connectivity index is 2.50. The van der Waals surface area contributed by atoms with E-state index in [0.29, 0.717) is 0 Å². The van der Waals surface area contributed by atoms with Crippen molar-refractivity contribution < 1.29 is 25.2 Å². The second kappa shape index (κ2) is 6.78. The lowest BCUT2D eigenvalue weighted by atomic mass is 10.0. The van der Waals surface area contributed by atoms with Gasteiger partial charge in [0.05, 0.1) is 6.61 Å². The van der Waals surface area contributed by atoms with Crippen LogP contribution in [0.3, 0.4) is 0 Å². The van der Waals surface area contributed by atoms with E-state index in [4.69, 9.17) is 9.84 Å². The van der Waals surface area contributed by atoms with E-state index in [9.17, 15) is 15.3 Å². The van der Waals surface area contributed by atoms with Crippen molar-refractivity contribution in [1.29, 1.82) is 0 Å². The number of hydrogen-bond acceptors (Lipinski definition) is 6. The van der Waals surface area contributed by atoms with Crippen molar-refractivity contribution in [1.82, 2.24) is 0 Å². The summed E-state index contributed by atoms with van der Waals surface area (Å²) in [6, 6.07) is 0. The molecule has 1 saturated heterocycles. The van der Waals surface area contributed by atoms with Crippen molar-refractivity contribution in [3.05, 3.63) is 0 Å². The summed E-state index contributed by atoms with van der Waals surface area (Å²) in [4.78, 5) is 0. The van der Waals surface area contributed by atoms with Crippen LogP contribution in [0, 0.1) is 0 Å². The fourth-order valence-electron chi connectivity index (χ4n) is 1.55. The lowest BCUT2D eigenvalue weighted by molar-refractivity contribution is -0.205. The Morgan fingerprint density at radius 3 is 2.38 bits per heavy atom. The number of aliphatic hydroxyl groups is 4. The zero-order valence-electron chi connectivity index (χ0n) is 9.32. The van der Waals surface area contributed by atoms with Crippen molar-refractivity contribution in [2.24, 2.45) is 0 Å². The molecule has 0 bridgehead atoms. The lowest BCUT2D eigenvalue weighted by Gasteiger charge is -2.39. The minimum Gasteiger partial charge on any atom is -0.394 e. The Labute approximate surface area is 99.4 Å². The zero-order valence-corrected chi connectivity index (χ0v) is 10.1. The Bertz CT molecular complexity index is 202. The minimum absolute atomic E-state index is 0.365. The van der Waals surface area contributed by atoms with Crippen LogP contribution in [0.15, 0.2) is 0 Å². The molecule has 5 atom stereocenters. The third-order valence-corrected chi connectivity index (χ3v) is 3.87. The average Bonchev–Trinajstić information content (AvgIpc) is 2.29. The molecule has 5 nitrogen and oxygen atoms in total. The zero-order chi connectivity index (χ0) is 12.1. The van der Waals surface area contributed by atoms with E-state index >= 15 is 0 Å². The molecule has 0 aliphatic carbocycles. The van der Waals surface area contributed by atoms with Crippen LogP contribution in [0.2, 0.25) is 0 Å². The maximum Gasteiger partial charge on any atom is 0.132 e. The number of unbranched alkanes of at least 4 members (excludes halogenated alkanes) is 1. The van der Waals surface area contributed by atoms with E-state index in [-0.39, 0.29) is 6.61 Å². The van der Waals surface area contributed by atoms with Crippen LogP contribution in [-0.4, -0.2) is 62.6 Å². The van der Waals surface area contributed by atoms with Crippen LogP contribution in [0.5, 0.6) is 0 Å². The highest BCUT2D eigenvalue weighted by Gasteiger charge is 2.43. The number of rotatable bonds is 5. The Kier molecular flexibility index (Phi) is 6.02. The van der Waals surface area contributed by atoms with Crippen LogP contribution in [-0.2, 0) is 4.74 Å². The second-order valence-electron chi connectivity index (χ2n) is 3.92. The van der Waals surface area contributed by atoms with E-state index < -0.39 is 29.9 Å². The van der Waals surface area contributed by atoms with Gasteiger partial charge in [-0.05, 0) is 12.2 Å². The summed E-state index contributed by atoms with van der Waals surface area (Å²) >= 11 is 1.40. The summed E-state index contributed by atoms with van der Waals surface area (Å²) in [7, 11) is 0. The second-order valence-corrected chi connectivity index (χ2v) is 5.13. The topological polar surface area (TPSA) is 90.2 Å². The molecular weight excluding hydrogens is 232 g/mol. The summed E-state index contributed by atoms with van der Waals surface area (Å²) < 4.78 is 5.33. The van der Waals surface area contributed by atoms with Gasteiger partial charge in [-0.15, -0.1) is 11.8 Å². The average molecular weight is 252 g/mol. The molecule has 0 aromatic carbocycles. The molecule has 0 radical (unpaired) electrons. The first-order valence-electron chi connectivity index (χ1n) is 5.54. The van der Waals surface area contributed by atoms with E-state index in [1.807, 2.05) is 0 Å². The highest BCUT2D eigenvalue weighted by Crippen LogP contribution is 2.28. The normalized spacial score (nSPS) is 39.9. The van der Waals surface area contributed by atoms with Gasteiger partial charge in [0.2, 0.25) is 0 Å². The van der Waals surface area contributed by atoms with Crippen molar-refractivity contribution in [2.45, 2.75) is 49.6 Å². The maximum absolute atomic E-state index is 9.68. The predicted octanol–water partition coefficient (Wildman–Crippen LogP) is -0.680. The van der Waals surface area contributed by atoms with E-state index in [2.05, 4.69) is 6.92 Å².